The number of amides is 3. The van der Waals surface area contributed by atoms with Crippen molar-refractivity contribution in [2.75, 3.05) is 12.4 Å². The summed E-state index contributed by atoms with van der Waals surface area (Å²) in [6, 6.07) is 0.867. The van der Waals surface area contributed by atoms with Crippen molar-refractivity contribution in [3.8, 4) is 0 Å². The lowest BCUT2D eigenvalue weighted by atomic mass is 10.5. The molecule has 1 rings (SSSR count). The number of carbonyl (C=O) groups is 2. The summed E-state index contributed by atoms with van der Waals surface area (Å²) in [5.74, 6) is 0.808. The van der Waals surface area contributed by atoms with Gasteiger partial charge in [0.1, 0.15) is 5.76 Å². The van der Waals surface area contributed by atoms with E-state index in [9.17, 15) is 9.59 Å². The van der Waals surface area contributed by atoms with Gasteiger partial charge in [-0.2, -0.15) is 0 Å². The molecule has 0 saturated heterocycles. The van der Waals surface area contributed by atoms with Gasteiger partial charge in [-0.3, -0.25) is 5.32 Å². The summed E-state index contributed by atoms with van der Waals surface area (Å²) in [5, 5.41) is 5.83. The van der Waals surface area contributed by atoms with Crippen LogP contribution in [0.15, 0.2) is 10.6 Å². The molecule has 0 bridgehead atoms. The van der Waals surface area contributed by atoms with Gasteiger partial charge in [0, 0.05) is 6.07 Å². The van der Waals surface area contributed by atoms with Gasteiger partial charge >= 0.3 is 12.1 Å². The summed E-state index contributed by atoms with van der Waals surface area (Å²) < 4.78 is 8.94. The van der Waals surface area contributed by atoms with Crippen LogP contribution in [0.3, 0.4) is 0 Å². The molecule has 0 atom stereocenters. The number of nitrogens with one attached hydrogen (secondary N) is 3. The van der Waals surface area contributed by atoms with Crippen LogP contribution in [0.25, 0.3) is 0 Å². The van der Waals surface area contributed by atoms with Crippen molar-refractivity contribution in [3.63, 3.8) is 0 Å². The third kappa shape index (κ3) is 3.55. The Balaban J connectivity index is 2.33. The van der Waals surface area contributed by atoms with Crippen molar-refractivity contribution in [2.24, 2.45) is 0 Å². The van der Waals surface area contributed by atoms with Crippen LogP contribution in [0.2, 0.25) is 0 Å². The fourth-order valence-corrected chi connectivity index (χ4v) is 0.732. The Labute approximate surface area is 84.9 Å². The molecular weight excluding hydrogens is 204 g/mol. The highest BCUT2D eigenvalue weighted by Gasteiger charge is 2.06. The van der Waals surface area contributed by atoms with Crippen LogP contribution >= 0.6 is 0 Å². The second-order valence-electron chi connectivity index (χ2n) is 2.52. The molecule has 1 aromatic heterocycles. The topological polar surface area (TPSA) is 105 Å². The van der Waals surface area contributed by atoms with Crippen LogP contribution in [-0.4, -0.2) is 24.4 Å². The third-order valence-corrected chi connectivity index (χ3v) is 1.33. The summed E-state index contributed by atoms with van der Waals surface area (Å²) >= 11 is 0. The maximum absolute atomic E-state index is 11.1. The number of hydrazine groups is 1. The zero-order valence-electron chi connectivity index (χ0n) is 8.16. The maximum atomic E-state index is 11.1. The highest BCUT2D eigenvalue weighted by Crippen LogP contribution is 2.05. The fourth-order valence-electron chi connectivity index (χ4n) is 0.732. The molecule has 15 heavy (non-hydrogen) atoms. The molecule has 0 aliphatic heterocycles. The normalized spacial score (nSPS) is 9.20. The quantitative estimate of drug-likeness (QED) is 0.586. The van der Waals surface area contributed by atoms with Crippen molar-refractivity contribution in [1.82, 2.24) is 16.0 Å². The van der Waals surface area contributed by atoms with Crippen LogP contribution in [0.5, 0.6) is 0 Å². The molecule has 0 fully saturated rings. The molecule has 82 valence electrons. The molecule has 0 aliphatic carbocycles. The first-order valence-electron chi connectivity index (χ1n) is 3.96. The van der Waals surface area contributed by atoms with Gasteiger partial charge in [0.2, 0.25) is 0 Å². The first kappa shape index (κ1) is 10.8. The minimum Gasteiger partial charge on any atom is -0.452 e. The van der Waals surface area contributed by atoms with Crippen LogP contribution < -0.4 is 16.2 Å². The molecule has 0 radical (unpaired) electrons. The molecule has 3 N–H and O–H groups in total. The van der Waals surface area contributed by atoms with Gasteiger partial charge in [-0.25, -0.2) is 20.4 Å². The maximum Gasteiger partial charge on any atom is 0.425 e. The molecule has 0 spiro atoms. The number of methoxy groups -OCH3 is 1. The smallest absolute Gasteiger partial charge is 0.425 e. The Hall–Kier alpha value is -2.25. The first-order valence-corrected chi connectivity index (χ1v) is 3.96. The SMILES string of the molecule is COC(=O)NNC(=O)Nc1cc(C)on1. The predicted molar refractivity (Wildman–Crippen MR) is 48.9 cm³/mol. The number of anilines is 1. The van der Waals surface area contributed by atoms with E-state index in [1.54, 1.807) is 6.92 Å². The molecule has 1 aromatic rings. The lowest BCUT2D eigenvalue weighted by Gasteiger charge is -2.05. The van der Waals surface area contributed by atoms with E-state index in [0.29, 0.717) is 5.76 Å². The summed E-state index contributed by atoms with van der Waals surface area (Å²) in [7, 11) is 1.18. The second kappa shape index (κ2) is 4.84. The van der Waals surface area contributed by atoms with Crippen molar-refractivity contribution in [1.29, 1.82) is 0 Å². The van der Waals surface area contributed by atoms with Gasteiger partial charge in [0.05, 0.1) is 7.11 Å². The molecular formula is C7H10N4O4. The molecule has 0 aliphatic rings. The highest BCUT2D eigenvalue weighted by molar-refractivity contribution is 5.89. The molecule has 0 saturated carbocycles. The van der Waals surface area contributed by atoms with Crippen molar-refractivity contribution >= 4 is 17.9 Å². The van der Waals surface area contributed by atoms with Crippen molar-refractivity contribution in [3.05, 3.63) is 11.8 Å². The number of aromatic nitrogens is 1. The number of hydrogen-bond donors (Lipinski definition) is 3. The average molecular weight is 214 g/mol. The van der Waals surface area contributed by atoms with E-state index < -0.39 is 12.1 Å². The number of aryl methyl sites for hydroxylation is 1. The summed E-state index contributed by atoms with van der Waals surface area (Å²) in [6.45, 7) is 1.68. The van der Waals surface area contributed by atoms with Crippen LogP contribution in [-0.2, 0) is 4.74 Å². The van der Waals surface area contributed by atoms with E-state index in [-0.39, 0.29) is 5.82 Å². The van der Waals surface area contributed by atoms with Gasteiger partial charge in [0.15, 0.2) is 5.82 Å². The van der Waals surface area contributed by atoms with Gasteiger partial charge in [-0.15, -0.1) is 0 Å². The minimum absolute atomic E-state index is 0.247. The summed E-state index contributed by atoms with van der Waals surface area (Å²) in [6.07, 6.45) is -0.776. The zero-order chi connectivity index (χ0) is 11.3. The van der Waals surface area contributed by atoms with E-state index in [2.05, 4.69) is 15.2 Å². The minimum atomic E-state index is -0.776. The zero-order valence-corrected chi connectivity index (χ0v) is 8.16. The standard InChI is InChI=1S/C7H10N4O4/c1-4-3-5(11-15-4)8-6(12)9-10-7(13)14-2/h3H,1-2H3,(H,10,13)(H2,8,9,11,12). The molecule has 0 unspecified atom stereocenters. The van der Waals surface area contributed by atoms with E-state index in [4.69, 9.17) is 4.52 Å². The Morgan fingerprint density at radius 1 is 1.47 bits per heavy atom. The van der Waals surface area contributed by atoms with E-state index in [1.807, 2.05) is 10.9 Å². The number of carbonyl (C=O) groups excluding carboxylic acids is 2. The Morgan fingerprint density at radius 2 is 2.20 bits per heavy atom. The van der Waals surface area contributed by atoms with E-state index >= 15 is 0 Å². The van der Waals surface area contributed by atoms with E-state index in [0.717, 1.165) is 0 Å². The monoisotopic (exact) mass is 214 g/mol. The van der Waals surface area contributed by atoms with Gasteiger partial charge < -0.3 is 9.26 Å². The van der Waals surface area contributed by atoms with Crippen LogP contribution in [0.1, 0.15) is 5.76 Å². The third-order valence-electron chi connectivity index (χ3n) is 1.33. The summed E-state index contributed by atoms with van der Waals surface area (Å²) in [5.41, 5.74) is 4.01. The number of ether oxygens (including phenoxy) is 1. The second-order valence-corrected chi connectivity index (χ2v) is 2.52. The largest absolute Gasteiger partial charge is 0.452 e. The fraction of sp³-hybridized carbons (Fsp3) is 0.286. The van der Waals surface area contributed by atoms with Crippen molar-refractivity contribution < 1.29 is 18.8 Å². The van der Waals surface area contributed by atoms with Gasteiger partial charge in [-0.05, 0) is 6.92 Å². The molecule has 3 amide bonds. The number of rotatable bonds is 1. The lowest BCUT2D eigenvalue weighted by molar-refractivity contribution is 0.166. The lowest BCUT2D eigenvalue weighted by Crippen LogP contribution is -2.43. The van der Waals surface area contributed by atoms with Crippen LogP contribution in [0.4, 0.5) is 15.4 Å². The Kier molecular flexibility index (Phi) is 3.49. The molecule has 1 heterocycles. The first-order chi connectivity index (χ1) is 7.11. The van der Waals surface area contributed by atoms with Gasteiger partial charge in [-0.1, -0.05) is 5.16 Å². The highest BCUT2D eigenvalue weighted by atomic mass is 16.5. The van der Waals surface area contributed by atoms with E-state index in [1.165, 1.54) is 13.2 Å². The molecule has 8 heteroatoms. The molecule has 8 nitrogen and oxygen atoms in total. The predicted octanol–water partition coefficient (Wildman–Crippen LogP) is 0.376. The number of hydrogen-bond acceptors (Lipinski definition) is 5. The Morgan fingerprint density at radius 3 is 2.73 bits per heavy atom. The molecule has 0 aromatic carbocycles. The Bertz CT molecular complexity index is 362. The number of nitrogens with zero attached hydrogens (tertiary/aromatic N) is 1. The van der Waals surface area contributed by atoms with Crippen molar-refractivity contribution in [2.45, 2.75) is 6.92 Å². The van der Waals surface area contributed by atoms with Gasteiger partial charge in [0.25, 0.3) is 0 Å². The number of urea groups is 1. The summed E-state index contributed by atoms with van der Waals surface area (Å²) in [4.78, 5) is 21.6. The van der Waals surface area contributed by atoms with Crippen LogP contribution in [0, 0.1) is 6.92 Å². The average Bonchev–Trinajstić information content (AvgIpc) is 2.60.